The first kappa shape index (κ1) is 23.7. The van der Waals surface area contributed by atoms with Gasteiger partial charge in [0.15, 0.2) is 0 Å². The second-order valence-electron chi connectivity index (χ2n) is 10.8. The Morgan fingerprint density at radius 2 is 1.67 bits per heavy atom. The molecule has 6 rings (SSSR count). The van der Waals surface area contributed by atoms with Crippen LogP contribution < -0.4 is 5.56 Å². The van der Waals surface area contributed by atoms with Gasteiger partial charge in [-0.3, -0.25) is 19.2 Å². The van der Waals surface area contributed by atoms with Crippen molar-refractivity contribution in [2.45, 2.75) is 70.4 Å². The number of hydrogen-bond acceptors (Lipinski definition) is 5. The van der Waals surface area contributed by atoms with Crippen LogP contribution in [0.5, 0.6) is 0 Å². The van der Waals surface area contributed by atoms with Crippen molar-refractivity contribution in [1.29, 1.82) is 0 Å². The van der Waals surface area contributed by atoms with Gasteiger partial charge in [-0.1, -0.05) is 25.7 Å². The van der Waals surface area contributed by atoms with Gasteiger partial charge in [0, 0.05) is 56.4 Å². The summed E-state index contributed by atoms with van der Waals surface area (Å²) in [7, 11) is 0. The molecule has 1 N–H and O–H groups in total. The van der Waals surface area contributed by atoms with Crippen LogP contribution in [0.2, 0.25) is 0 Å². The predicted molar refractivity (Wildman–Crippen MR) is 141 cm³/mol. The molecule has 3 aliphatic rings. The molecule has 2 saturated heterocycles. The summed E-state index contributed by atoms with van der Waals surface area (Å²) in [5.74, 6) is 0.0893. The van der Waals surface area contributed by atoms with Gasteiger partial charge in [0.25, 0.3) is 11.5 Å². The van der Waals surface area contributed by atoms with E-state index >= 15 is 0 Å². The van der Waals surface area contributed by atoms with Crippen molar-refractivity contribution < 1.29 is 9.53 Å². The van der Waals surface area contributed by atoms with E-state index in [1.165, 1.54) is 38.5 Å². The number of amides is 1. The summed E-state index contributed by atoms with van der Waals surface area (Å²) in [6, 6.07) is 4.81. The maximum Gasteiger partial charge on any atom is 0.259 e. The van der Waals surface area contributed by atoms with Crippen molar-refractivity contribution >= 4 is 27.7 Å². The summed E-state index contributed by atoms with van der Waals surface area (Å²) in [6.07, 6.45) is 11.4. The molecule has 3 aromatic rings. The fourth-order valence-corrected chi connectivity index (χ4v) is 6.51. The third kappa shape index (κ3) is 4.34. The number of aromatic amines is 1. The SMILES string of the molecule is Cc1cc2[nH]c(=O)c3cnn(C4CCOCC4)c3c2cc1C(=O)N1CCN(C2CCCCCC2)CC1. The minimum absolute atomic E-state index is 0.0893. The van der Waals surface area contributed by atoms with Gasteiger partial charge < -0.3 is 14.6 Å². The second kappa shape index (κ2) is 9.98. The van der Waals surface area contributed by atoms with E-state index in [9.17, 15) is 9.59 Å². The molecular weight excluding hydrogens is 454 g/mol. The molecule has 1 aliphatic carbocycles. The van der Waals surface area contributed by atoms with E-state index < -0.39 is 0 Å². The number of aromatic nitrogens is 3. The standard InChI is InChI=1S/C28H37N5O3/c1-19-16-25-23(26-24(27(34)30-25)18-29-33(26)21-8-14-36-15-9-21)17-22(19)28(35)32-12-10-31(11-13-32)20-6-4-2-3-5-7-20/h16-18,20-21H,2-15H2,1H3,(H,30,34). The Balaban J connectivity index is 1.30. The Labute approximate surface area is 211 Å². The van der Waals surface area contributed by atoms with Crippen LogP contribution >= 0.6 is 0 Å². The number of carbonyl (C=O) groups excluding carboxylic acids is 1. The summed E-state index contributed by atoms with van der Waals surface area (Å²) < 4.78 is 7.53. The molecule has 0 radical (unpaired) electrons. The van der Waals surface area contributed by atoms with Crippen molar-refractivity contribution in [3.8, 4) is 0 Å². The molecule has 2 aliphatic heterocycles. The zero-order valence-corrected chi connectivity index (χ0v) is 21.3. The number of piperazine rings is 1. The lowest BCUT2D eigenvalue weighted by atomic mass is 10.0. The van der Waals surface area contributed by atoms with Gasteiger partial charge in [0.2, 0.25) is 0 Å². The molecular formula is C28H37N5O3. The molecule has 4 heterocycles. The molecule has 8 nitrogen and oxygen atoms in total. The highest BCUT2D eigenvalue weighted by molar-refractivity contribution is 6.07. The Morgan fingerprint density at radius 3 is 2.39 bits per heavy atom. The number of pyridine rings is 1. The molecule has 0 unspecified atom stereocenters. The van der Waals surface area contributed by atoms with Gasteiger partial charge in [-0.15, -0.1) is 0 Å². The van der Waals surface area contributed by atoms with E-state index in [1.54, 1.807) is 6.20 Å². The molecule has 0 spiro atoms. The molecule has 0 bridgehead atoms. The van der Waals surface area contributed by atoms with Gasteiger partial charge in [0.1, 0.15) is 0 Å². The van der Waals surface area contributed by atoms with Crippen LogP contribution in [0.1, 0.15) is 73.3 Å². The maximum absolute atomic E-state index is 13.7. The molecule has 1 amide bonds. The highest BCUT2D eigenvalue weighted by Gasteiger charge is 2.28. The highest BCUT2D eigenvalue weighted by Crippen LogP contribution is 2.30. The van der Waals surface area contributed by atoms with Gasteiger partial charge in [-0.2, -0.15) is 5.10 Å². The summed E-state index contributed by atoms with van der Waals surface area (Å²) in [4.78, 5) is 34.2. The molecule has 8 heteroatoms. The maximum atomic E-state index is 13.7. The lowest BCUT2D eigenvalue weighted by molar-refractivity contribution is 0.0551. The van der Waals surface area contributed by atoms with Crippen molar-refractivity contribution in [2.75, 3.05) is 39.4 Å². The molecule has 1 saturated carbocycles. The fraction of sp³-hybridized carbons (Fsp3) is 0.607. The minimum Gasteiger partial charge on any atom is -0.381 e. The van der Waals surface area contributed by atoms with Crippen LogP contribution in [0.25, 0.3) is 21.8 Å². The highest BCUT2D eigenvalue weighted by atomic mass is 16.5. The molecule has 192 valence electrons. The molecule has 1 aromatic carbocycles. The van der Waals surface area contributed by atoms with Crippen molar-refractivity contribution in [2.24, 2.45) is 0 Å². The Morgan fingerprint density at radius 1 is 0.944 bits per heavy atom. The summed E-state index contributed by atoms with van der Waals surface area (Å²) in [5.41, 5.74) is 3.06. The van der Waals surface area contributed by atoms with Crippen LogP contribution in [-0.4, -0.2) is 75.9 Å². The predicted octanol–water partition coefficient (Wildman–Crippen LogP) is 4.02. The number of fused-ring (bicyclic) bond motifs is 3. The number of H-pyrrole nitrogens is 1. The largest absolute Gasteiger partial charge is 0.381 e. The van der Waals surface area contributed by atoms with Crippen LogP contribution in [0.3, 0.4) is 0 Å². The first-order valence-corrected chi connectivity index (χ1v) is 13.7. The quantitative estimate of drug-likeness (QED) is 0.560. The van der Waals surface area contributed by atoms with Gasteiger partial charge >= 0.3 is 0 Å². The number of aryl methyl sites for hydroxylation is 1. The zero-order valence-electron chi connectivity index (χ0n) is 21.3. The normalized spacial score (nSPS) is 21.3. The van der Waals surface area contributed by atoms with Crippen molar-refractivity contribution in [3.05, 3.63) is 39.8 Å². The molecule has 2 aromatic heterocycles. The van der Waals surface area contributed by atoms with Gasteiger partial charge in [0.05, 0.1) is 28.7 Å². The first-order valence-electron chi connectivity index (χ1n) is 13.7. The van der Waals surface area contributed by atoms with E-state index in [2.05, 4.69) is 15.0 Å². The third-order valence-electron chi connectivity index (χ3n) is 8.62. The second-order valence-corrected chi connectivity index (χ2v) is 10.8. The van der Waals surface area contributed by atoms with Crippen LogP contribution in [0.15, 0.2) is 23.1 Å². The summed E-state index contributed by atoms with van der Waals surface area (Å²) in [5, 5.41) is 6.08. The first-order chi connectivity index (χ1) is 17.6. The van der Waals surface area contributed by atoms with E-state index in [-0.39, 0.29) is 17.5 Å². The number of nitrogens with one attached hydrogen (secondary N) is 1. The summed E-state index contributed by atoms with van der Waals surface area (Å²) in [6.45, 7) is 6.81. The fourth-order valence-electron chi connectivity index (χ4n) is 6.51. The smallest absolute Gasteiger partial charge is 0.259 e. The van der Waals surface area contributed by atoms with E-state index in [0.29, 0.717) is 24.6 Å². The van der Waals surface area contributed by atoms with E-state index in [1.807, 2.05) is 28.6 Å². The Kier molecular flexibility index (Phi) is 6.56. The molecule has 36 heavy (non-hydrogen) atoms. The average molecular weight is 492 g/mol. The lowest BCUT2D eigenvalue weighted by Gasteiger charge is -2.39. The molecule has 0 atom stereocenters. The zero-order chi connectivity index (χ0) is 24.6. The third-order valence-corrected chi connectivity index (χ3v) is 8.62. The van der Waals surface area contributed by atoms with E-state index in [0.717, 1.165) is 66.6 Å². The van der Waals surface area contributed by atoms with Crippen LogP contribution in [0.4, 0.5) is 0 Å². The summed E-state index contributed by atoms with van der Waals surface area (Å²) >= 11 is 0. The van der Waals surface area contributed by atoms with Crippen molar-refractivity contribution in [1.82, 2.24) is 24.6 Å². The number of rotatable bonds is 3. The topological polar surface area (TPSA) is 83.5 Å². The number of ether oxygens (including phenoxy) is 1. The van der Waals surface area contributed by atoms with Crippen LogP contribution in [-0.2, 0) is 4.74 Å². The Hall–Kier alpha value is -2.71. The Bertz CT molecular complexity index is 1310. The monoisotopic (exact) mass is 491 g/mol. The van der Waals surface area contributed by atoms with Crippen molar-refractivity contribution in [3.63, 3.8) is 0 Å². The van der Waals surface area contributed by atoms with Crippen LogP contribution in [0, 0.1) is 6.92 Å². The number of carbonyl (C=O) groups is 1. The molecule has 3 fully saturated rings. The lowest BCUT2D eigenvalue weighted by Crippen LogP contribution is -2.52. The minimum atomic E-state index is -0.135. The van der Waals surface area contributed by atoms with Gasteiger partial charge in [-0.25, -0.2) is 0 Å². The van der Waals surface area contributed by atoms with E-state index in [4.69, 9.17) is 4.74 Å². The number of nitrogens with zero attached hydrogens (tertiary/aromatic N) is 4. The number of hydrogen-bond donors (Lipinski definition) is 1. The average Bonchev–Trinajstić information content (AvgIpc) is 3.18. The number of benzene rings is 1. The van der Waals surface area contributed by atoms with Gasteiger partial charge in [-0.05, 0) is 50.3 Å².